The summed E-state index contributed by atoms with van der Waals surface area (Å²) in [6.45, 7) is 0.216. The summed E-state index contributed by atoms with van der Waals surface area (Å²) in [5.74, 6) is -1.94. The Bertz CT molecular complexity index is 1070. The normalized spacial score (nSPS) is 20.2. The summed E-state index contributed by atoms with van der Waals surface area (Å²) in [4.78, 5) is 1.000. The highest BCUT2D eigenvalue weighted by molar-refractivity contribution is 9.10. The molecule has 0 radical (unpaired) electrons. The summed E-state index contributed by atoms with van der Waals surface area (Å²) in [6, 6.07) is 4.24. The Hall–Kier alpha value is -2.13. The second-order valence-electron chi connectivity index (χ2n) is 7.15. The maximum atomic E-state index is 14.8. The number of benzene rings is 2. The van der Waals surface area contributed by atoms with Gasteiger partial charge in [0.15, 0.2) is 0 Å². The van der Waals surface area contributed by atoms with Crippen LogP contribution in [0.3, 0.4) is 0 Å². The standard InChI is InChI=1S/C20H15BrF5NO2/c1-9-4-13-12-7-11(28)2-3-16(12)29-19(13)18(27(9)8-20(24,25)26)17-14(22)5-10(21)6-15(17)23/h2-3,5-7,9,18,28H,4,8H2,1H3. The summed E-state index contributed by atoms with van der Waals surface area (Å²) < 4.78 is 75.4. The molecular weight excluding hydrogens is 461 g/mol. The van der Waals surface area contributed by atoms with Crippen LogP contribution in [-0.4, -0.2) is 28.8 Å². The number of hydrogen-bond acceptors (Lipinski definition) is 3. The summed E-state index contributed by atoms with van der Waals surface area (Å²) in [5.41, 5.74) is 0.360. The molecule has 154 valence electrons. The molecule has 1 aliphatic rings. The Kier molecular flexibility index (Phi) is 4.85. The zero-order chi connectivity index (χ0) is 21.1. The van der Waals surface area contributed by atoms with Crippen molar-refractivity contribution in [2.75, 3.05) is 6.54 Å². The lowest BCUT2D eigenvalue weighted by atomic mass is 9.88. The van der Waals surface area contributed by atoms with E-state index in [9.17, 15) is 27.1 Å². The van der Waals surface area contributed by atoms with Crippen molar-refractivity contribution in [3.8, 4) is 5.75 Å². The summed E-state index contributed by atoms with van der Waals surface area (Å²) >= 11 is 2.99. The van der Waals surface area contributed by atoms with Gasteiger partial charge in [-0.25, -0.2) is 8.78 Å². The van der Waals surface area contributed by atoms with Crippen LogP contribution in [0.4, 0.5) is 22.0 Å². The first kappa shape index (κ1) is 20.2. The van der Waals surface area contributed by atoms with Gasteiger partial charge in [-0.1, -0.05) is 15.9 Å². The molecule has 3 nitrogen and oxygen atoms in total. The molecule has 1 N–H and O–H groups in total. The lowest BCUT2D eigenvalue weighted by molar-refractivity contribution is -0.156. The van der Waals surface area contributed by atoms with Crippen LogP contribution in [0.25, 0.3) is 11.0 Å². The van der Waals surface area contributed by atoms with Crippen molar-refractivity contribution in [1.82, 2.24) is 4.90 Å². The first-order valence-electron chi connectivity index (χ1n) is 8.76. The number of alkyl halides is 3. The molecule has 0 saturated heterocycles. The number of hydrogen-bond donors (Lipinski definition) is 1. The summed E-state index contributed by atoms with van der Waals surface area (Å²) in [5, 5.41) is 10.3. The average molecular weight is 476 g/mol. The van der Waals surface area contributed by atoms with Crippen molar-refractivity contribution in [3.05, 3.63) is 63.3 Å². The second-order valence-corrected chi connectivity index (χ2v) is 8.07. The van der Waals surface area contributed by atoms with Crippen LogP contribution in [0.15, 0.2) is 39.2 Å². The minimum atomic E-state index is -4.57. The van der Waals surface area contributed by atoms with Gasteiger partial charge in [-0.3, -0.25) is 4.90 Å². The number of phenolic OH excluding ortho intramolecular Hbond substituents is 1. The number of rotatable bonds is 2. The van der Waals surface area contributed by atoms with Gasteiger partial charge in [-0.05, 0) is 43.7 Å². The number of nitrogens with zero attached hydrogens (tertiary/aromatic N) is 1. The fourth-order valence-electron chi connectivity index (χ4n) is 3.97. The molecule has 4 rings (SSSR count). The zero-order valence-corrected chi connectivity index (χ0v) is 16.6. The van der Waals surface area contributed by atoms with E-state index in [1.807, 2.05) is 0 Å². The SMILES string of the molecule is CC1Cc2c(oc3ccc(O)cc23)C(c2c(F)cc(Br)cc2F)N1CC(F)(F)F. The Morgan fingerprint density at radius 2 is 1.83 bits per heavy atom. The van der Waals surface area contributed by atoms with Crippen LogP contribution < -0.4 is 0 Å². The molecule has 1 aliphatic heterocycles. The number of halogens is 6. The van der Waals surface area contributed by atoms with Crippen LogP contribution in [0.2, 0.25) is 0 Å². The van der Waals surface area contributed by atoms with E-state index in [-0.39, 0.29) is 22.4 Å². The number of furan rings is 1. The highest BCUT2D eigenvalue weighted by Crippen LogP contribution is 2.45. The Balaban J connectivity index is 1.99. The monoisotopic (exact) mass is 475 g/mol. The third kappa shape index (κ3) is 3.61. The van der Waals surface area contributed by atoms with Gasteiger partial charge in [0.25, 0.3) is 0 Å². The van der Waals surface area contributed by atoms with E-state index in [1.165, 1.54) is 18.2 Å². The molecule has 29 heavy (non-hydrogen) atoms. The molecule has 2 unspecified atom stereocenters. The Labute approximate surface area is 170 Å². The lowest BCUT2D eigenvalue weighted by Gasteiger charge is -2.40. The van der Waals surface area contributed by atoms with Crippen LogP contribution in [0.1, 0.15) is 29.9 Å². The molecule has 0 fully saturated rings. The predicted molar refractivity (Wildman–Crippen MR) is 99.7 cm³/mol. The topological polar surface area (TPSA) is 36.6 Å². The molecule has 0 saturated carbocycles. The third-order valence-electron chi connectivity index (χ3n) is 5.13. The maximum absolute atomic E-state index is 14.8. The van der Waals surface area contributed by atoms with E-state index >= 15 is 0 Å². The quantitative estimate of drug-likeness (QED) is 0.456. The van der Waals surface area contributed by atoms with E-state index < -0.39 is 42.0 Å². The van der Waals surface area contributed by atoms with Crippen molar-refractivity contribution >= 4 is 26.9 Å². The van der Waals surface area contributed by atoms with Gasteiger partial charge in [0.05, 0.1) is 6.54 Å². The van der Waals surface area contributed by atoms with Crippen molar-refractivity contribution < 1.29 is 31.5 Å². The Morgan fingerprint density at radius 3 is 2.45 bits per heavy atom. The number of phenols is 1. The molecule has 0 aliphatic carbocycles. The van der Waals surface area contributed by atoms with Crippen LogP contribution in [0, 0.1) is 11.6 Å². The van der Waals surface area contributed by atoms with Gasteiger partial charge in [-0.2, -0.15) is 13.2 Å². The van der Waals surface area contributed by atoms with Gasteiger partial charge in [0.1, 0.15) is 34.8 Å². The van der Waals surface area contributed by atoms with Gasteiger partial charge in [0.2, 0.25) is 0 Å². The maximum Gasteiger partial charge on any atom is 0.401 e. The van der Waals surface area contributed by atoms with E-state index in [4.69, 9.17) is 4.42 Å². The molecular formula is C20H15BrF5NO2. The highest BCUT2D eigenvalue weighted by Gasteiger charge is 2.44. The van der Waals surface area contributed by atoms with Crippen LogP contribution in [-0.2, 0) is 6.42 Å². The van der Waals surface area contributed by atoms with Crippen molar-refractivity contribution in [3.63, 3.8) is 0 Å². The first-order chi connectivity index (χ1) is 13.5. The molecule has 3 aromatic rings. The van der Waals surface area contributed by atoms with Crippen molar-refractivity contribution in [2.45, 2.75) is 31.6 Å². The number of aromatic hydroxyl groups is 1. The fourth-order valence-corrected chi connectivity index (χ4v) is 4.37. The Morgan fingerprint density at radius 1 is 1.17 bits per heavy atom. The molecule has 0 amide bonds. The minimum absolute atomic E-state index is 0.0379. The van der Waals surface area contributed by atoms with Gasteiger partial charge in [-0.15, -0.1) is 0 Å². The average Bonchev–Trinajstić information content (AvgIpc) is 2.93. The van der Waals surface area contributed by atoms with Crippen LogP contribution in [0.5, 0.6) is 5.75 Å². The lowest BCUT2D eigenvalue weighted by Crippen LogP contribution is -2.47. The zero-order valence-electron chi connectivity index (χ0n) is 15.0. The van der Waals surface area contributed by atoms with E-state index in [1.54, 1.807) is 6.92 Å². The van der Waals surface area contributed by atoms with Gasteiger partial charge in [0, 0.05) is 27.0 Å². The largest absolute Gasteiger partial charge is 0.508 e. The molecule has 2 aromatic carbocycles. The van der Waals surface area contributed by atoms with Crippen LogP contribution >= 0.6 is 15.9 Å². The molecule has 2 atom stereocenters. The second kappa shape index (κ2) is 6.98. The van der Waals surface area contributed by atoms with Gasteiger partial charge >= 0.3 is 6.18 Å². The van der Waals surface area contributed by atoms with E-state index in [2.05, 4.69) is 15.9 Å². The molecule has 1 aromatic heterocycles. The smallest absolute Gasteiger partial charge is 0.401 e. The van der Waals surface area contributed by atoms with Crippen molar-refractivity contribution in [2.24, 2.45) is 0 Å². The summed E-state index contributed by atoms with van der Waals surface area (Å²) in [7, 11) is 0. The van der Waals surface area contributed by atoms with E-state index in [0.29, 0.717) is 16.5 Å². The van der Waals surface area contributed by atoms with Crippen molar-refractivity contribution in [1.29, 1.82) is 0 Å². The molecule has 9 heteroatoms. The molecule has 2 heterocycles. The summed E-state index contributed by atoms with van der Waals surface area (Å²) in [6.07, 6.45) is -4.39. The minimum Gasteiger partial charge on any atom is -0.508 e. The highest BCUT2D eigenvalue weighted by atomic mass is 79.9. The van der Waals surface area contributed by atoms with Gasteiger partial charge < -0.3 is 9.52 Å². The first-order valence-corrected chi connectivity index (χ1v) is 9.55. The van der Waals surface area contributed by atoms with E-state index in [0.717, 1.165) is 17.0 Å². The predicted octanol–water partition coefficient (Wildman–Crippen LogP) is 6.08. The number of fused-ring (bicyclic) bond motifs is 3. The third-order valence-corrected chi connectivity index (χ3v) is 5.59. The molecule has 0 bridgehead atoms. The molecule has 0 spiro atoms. The fraction of sp³-hybridized carbons (Fsp3) is 0.300.